The molecule has 13 heavy (non-hydrogen) atoms. The summed E-state index contributed by atoms with van der Waals surface area (Å²) < 4.78 is 0. The molecular formula is C12H22O. The molecule has 76 valence electrons. The Bertz CT molecular complexity index is 188. The largest absolute Gasteiger partial charge is 0.300 e. The van der Waals surface area contributed by atoms with E-state index in [0.29, 0.717) is 17.1 Å². The number of rotatable bonds is 1. The van der Waals surface area contributed by atoms with Gasteiger partial charge in [0.1, 0.15) is 5.78 Å². The summed E-state index contributed by atoms with van der Waals surface area (Å²) in [5, 5.41) is 0. The number of carbonyl (C=O) groups excluding carboxylic acids is 1. The van der Waals surface area contributed by atoms with Crippen LogP contribution >= 0.6 is 0 Å². The normalized spacial score (nSPS) is 30.6. The van der Waals surface area contributed by atoms with Crippen molar-refractivity contribution in [1.82, 2.24) is 0 Å². The molecule has 1 fully saturated rings. The third-order valence-electron chi connectivity index (χ3n) is 3.45. The highest BCUT2D eigenvalue weighted by Crippen LogP contribution is 2.41. The lowest BCUT2D eigenvalue weighted by molar-refractivity contribution is -0.124. The summed E-state index contributed by atoms with van der Waals surface area (Å²) in [5.41, 5.74) is 0.302. The van der Waals surface area contributed by atoms with Crippen LogP contribution in [0.5, 0.6) is 0 Å². The first kappa shape index (κ1) is 10.7. The van der Waals surface area contributed by atoms with Gasteiger partial charge in [-0.2, -0.15) is 0 Å². The summed E-state index contributed by atoms with van der Waals surface area (Å²) in [6.07, 6.45) is 4.00. The number of carbonyl (C=O) groups is 1. The topological polar surface area (TPSA) is 17.1 Å². The van der Waals surface area contributed by atoms with E-state index in [9.17, 15) is 4.79 Å². The number of Topliss-reactive ketones (excluding diaryl/α,β-unsaturated/α-hetero) is 1. The third kappa shape index (κ3) is 2.55. The van der Waals surface area contributed by atoms with Crippen molar-refractivity contribution in [1.29, 1.82) is 0 Å². The first-order valence-corrected chi connectivity index (χ1v) is 5.47. The Morgan fingerprint density at radius 1 is 1.38 bits per heavy atom. The molecule has 2 atom stereocenters. The standard InChI is InChI=1S/C12H22O/c1-5-9-6-7-10(13)8-11(9)12(2,3)4/h9,11H,5-8H2,1-4H3. The fourth-order valence-corrected chi connectivity index (χ4v) is 2.56. The number of hydrogen-bond donors (Lipinski definition) is 0. The van der Waals surface area contributed by atoms with Crippen LogP contribution < -0.4 is 0 Å². The van der Waals surface area contributed by atoms with Crippen LogP contribution in [-0.4, -0.2) is 5.78 Å². The van der Waals surface area contributed by atoms with Crippen LogP contribution in [0.15, 0.2) is 0 Å². The SMILES string of the molecule is CCC1CCC(=O)CC1C(C)(C)C. The molecule has 0 amide bonds. The zero-order valence-electron chi connectivity index (χ0n) is 9.39. The van der Waals surface area contributed by atoms with Gasteiger partial charge in [0.05, 0.1) is 0 Å². The van der Waals surface area contributed by atoms with Crippen molar-refractivity contribution in [2.24, 2.45) is 17.3 Å². The summed E-state index contributed by atoms with van der Waals surface area (Å²) in [6, 6.07) is 0. The van der Waals surface area contributed by atoms with Crippen LogP contribution in [0.2, 0.25) is 0 Å². The summed E-state index contributed by atoms with van der Waals surface area (Å²) in [6.45, 7) is 9.04. The van der Waals surface area contributed by atoms with Crippen molar-refractivity contribution in [2.75, 3.05) is 0 Å². The van der Waals surface area contributed by atoms with Gasteiger partial charge < -0.3 is 0 Å². The maximum Gasteiger partial charge on any atom is 0.133 e. The van der Waals surface area contributed by atoms with Gasteiger partial charge in [0, 0.05) is 12.8 Å². The van der Waals surface area contributed by atoms with Crippen molar-refractivity contribution in [2.45, 2.75) is 53.4 Å². The molecule has 0 aliphatic heterocycles. The smallest absolute Gasteiger partial charge is 0.133 e. The molecule has 0 aromatic carbocycles. The fraction of sp³-hybridized carbons (Fsp3) is 0.917. The Labute approximate surface area is 81.9 Å². The monoisotopic (exact) mass is 182 g/mol. The van der Waals surface area contributed by atoms with E-state index in [1.54, 1.807) is 0 Å². The molecule has 1 saturated carbocycles. The van der Waals surface area contributed by atoms with E-state index >= 15 is 0 Å². The second-order valence-electron chi connectivity index (χ2n) is 5.42. The summed E-state index contributed by atoms with van der Waals surface area (Å²) in [5.74, 6) is 1.86. The summed E-state index contributed by atoms with van der Waals surface area (Å²) in [7, 11) is 0. The van der Waals surface area contributed by atoms with Crippen LogP contribution in [0.1, 0.15) is 53.4 Å². The van der Waals surface area contributed by atoms with E-state index in [1.165, 1.54) is 6.42 Å². The average Bonchev–Trinajstić information content (AvgIpc) is 2.03. The maximum absolute atomic E-state index is 11.4. The molecule has 1 aliphatic rings. The lowest BCUT2D eigenvalue weighted by Crippen LogP contribution is -2.34. The van der Waals surface area contributed by atoms with Crippen molar-refractivity contribution >= 4 is 5.78 Å². The summed E-state index contributed by atoms with van der Waals surface area (Å²) in [4.78, 5) is 11.4. The lowest BCUT2D eigenvalue weighted by Gasteiger charge is -2.39. The summed E-state index contributed by atoms with van der Waals surface area (Å²) >= 11 is 0. The van der Waals surface area contributed by atoms with Gasteiger partial charge in [-0.15, -0.1) is 0 Å². The first-order valence-electron chi connectivity index (χ1n) is 5.47. The molecule has 1 aliphatic carbocycles. The molecule has 0 aromatic rings. The van der Waals surface area contributed by atoms with Gasteiger partial charge in [0.25, 0.3) is 0 Å². The minimum Gasteiger partial charge on any atom is -0.300 e. The van der Waals surface area contributed by atoms with Gasteiger partial charge in [0.2, 0.25) is 0 Å². The highest BCUT2D eigenvalue weighted by atomic mass is 16.1. The molecule has 0 aromatic heterocycles. The number of ketones is 1. The molecule has 0 heterocycles. The fourth-order valence-electron chi connectivity index (χ4n) is 2.56. The predicted octanol–water partition coefficient (Wildman–Crippen LogP) is 3.43. The van der Waals surface area contributed by atoms with Gasteiger partial charge in [-0.1, -0.05) is 34.1 Å². The zero-order valence-corrected chi connectivity index (χ0v) is 9.39. The van der Waals surface area contributed by atoms with E-state index in [2.05, 4.69) is 27.7 Å². The van der Waals surface area contributed by atoms with Crippen LogP contribution in [0.4, 0.5) is 0 Å². The van der Waals surface area contributed by atoms with Gasteiger partial charge in [-0.3, -0.25) is 4.79 Å². The average molecular weight is 182 g/mol. The van der Waals surface area contributed by atoms with Gasteiger partial charge >= 0.3 is 0 Å². The Balaban J connectivity index is 2.71. The molecule has 0 spiro atoms. The second kappa shape index (κ2) is 3.81. The van der Waals surface area contributed by atoms with Crippen molar-refractivity contribution in [3.8, 4) is 0 Å². The van der Waals surface area contributed by atoms with Gasteiger partial charge in [-0.05, 0) is 23.7 Å². The minimum absolute atomic E-state index is 0.302. The number of hydrogen-bond acceptors (Lipinski definition) is 1. The Morgan fingerprint density at radius 3 is 2.46 bits per heavy atom. The van der Waals surface area contributed by atoms with Crippen LogP contribution in [0.25, 0.3) is 0 Å². The molecule has 0 N–H and O–H groups in total. The quantitative estimate of drug-likeness (QED) is 0.607. The van der Waals surface area contributed by atoms with Crippen LogP contribution in [0.3, 0.4) is 0 Å². The van der Waals surface area contributed by atoms with Crippen molar-refractivity contribution in [3.63, 3.8) is 0 Å². The molecule has 1 heteroatoms. The van der Waals surface area contributed by atoms with Gasteiger partial charge in [0.15, 0.2) is 0 Å². The molecular weight excluding hydrogens is 160 g/mol. The van der Waals surface area contributed by atoms with E-state index < -0.39 is 0 Å². The molecule has 0 saturated heterocycles. The van der Waals surface area contributed by atoms with Crippen LogP contribution in [-0.2, 0) is 4.79 Å². The van der Waals surface area contributed by atoms with E-state index in [-0.39, 0.29) is 0 Å². The third-order valence-corrected chi connectivity index (χ3v) is 3.45. The first-order chi connectivity index (χ1) is 5.95. The second-order valence-corrected chi connectivity index (χ2v) is 5.42. The van der Waals surface area contributed by atoms with E-state index in [0.717, 1.165) is 25.2 Å². The highest BCUT2D eigenvalue weighted by molar-refractivity contribution is 5.79. The Kier molecular flexibility index (Phi) is 3.15. The maximum atomic E-state index is 11.4. The van der Waals surface area contributed by atoms with E-state index in [1.807, 2.05) is 0 Å². The minimum atomic E-state index is 0.302. The van der Waals surface area contributed by atoms with E-state index in [4.69, 9.17) is 0 Å². The van der Waals surface area contributed by atoms with Crippen molar-refractivity contribution < 1.29 is 4.79 Å². The Morgan fingerprint density at radius 2 is 2.00 bits per heavy atom. The molecule has 1 nitrogen and oxygen atoms in total. The van der Waals surface area contributed by atoms with Crippen LogP contribution in [0, 0.1) is 17.3 Å². The molecule has 0 bridgehead atoms. The van der Waals surface area contributed by atoms with Gasteiger partial charge in [-0.25, -0.2) is 0 Å². The van der Waals surface area contributed by atoms with Crippen molar-refractivity contribution in [3.05, 3.63) is 0 Å². The zero-order chi connectivity index (χ0) is 10.1. The molecule has 2 unspecified atom stereocenters. The lowest BCUT2D eigenvalue weighted by atomic mass is 9.65. The predicted molar refractivity (Wildman–Crippen MR) is 55.6 cm³/mol. The Hall–Kier alpha value is -0.330. The highest BCUT2D eigenvalue weighted by Gasteiger charge is 2.35. The molecule has 0 radical (unpaired) electrons. The molecule has 1 rings (SSSR count).